The Morgan fingerprint density at radius 2 is 2.15 bits per heavy atom. The summed E-state index contributed by atoms with van der Waals surface area (Å²) in [5.74, 6) is 0.183. The second kappa shape index (κ2) is 6.58. The molecule has 0 aromatic carbocycles. The van der Waals surface area contributed by atoms with Crippen LogP contribution in [0.1, 0.15) is 25.3 Å². The molecule has 2 amide bonds. The van der Waals surface area contributed by atoms with E-state index >= 15 is 0 Å². The van der Waals surface area contributed by atoms with Crippen LogP contribution in [0.2, 0.25) is 0 Å². The molecule has 1 aromatic rings. The summed E-state index contributed by atoms with van der Waals surface area (Å²) in [6.07, 6.45) is 1.09. The minimum atomic E-state index is -2.98. The molecule has 7 heteroatoms. The highest BCUT2D eigenvalue weighted by Gasteiger charge is 2.30. The molecule has 1 saturated heterocycles. The maximum Gasteiger partial charge on any atom is 0.317 e. The van der Waals surface area contributed by atoms with E-state index in [0.29, 0.717) is 32.5 Å². The van der Waals surface area contributed by atoms with Gasteiger partial charge in [0.1, 0.15) is 0 Å². The summed E-state index contributed by atoms with van der Waals surface area (Å²) in [6.45, 7) is 3.23. The van der Waals surface area contributed by atoms with Crippen LogP contribution in [0.5, 0.6) is 0 Å². The zero-order valence-corrected chi connectivity index (χ0v) is 13.2. The number of likely N-dealkylation sites (tertiary alicyclic amines) is 1. The van der Waals surface area contributed by atoms with Crippen molar-refractivity contribution in [3.05, 3.63) is 22.4 Å². The molecule has 0 unspecified atom stereocenters. The van der Waals surface area contributed by atoms with E-state index in [1.54, 1.807) is 23.2 Å². The van der Waals surface area contributed by atoms with Crippen LogP contribution < -0.4 is 5.32 Å². The Morgan fingerprint density at radius 1 is 1.45 bits per heavy atom. The van der Waals surface area contributed by atoms with Crippen LogP contribution in [-0.2, 0) is 16.4 Å². The van der Waals surface area contributed by atoms with Gasteiger partial charge in [-0.25, -0.2) is 13.2 Å². The van der Waals surface area contributed by atoms with E-state index in [2.05, 4.69) is 5.32 Å². The molecule has 1 aliphatic rings. The number of hydrogen-bond donors (Lipinski definition) is 1. The van der Waals surface area contributed by atoms with E-state index in [1.807, 2.05) is 16.8 Å². The predicted molar refractivity (Wildman–Crippen MR) is 80.6 cm³/mol. The molecule has 1 aliphatic heterocycles. The monoisotopic (exact) mass is 316 g/mol. The highest BCUT2D eigenvalue weighted by atomic mass is 32.2. The van der Waals surface area contributed by atoms with Gasteiger partial charge < -0.3 is 10.2 Å². The van der Waals surface area contributed by atoms with E-state index in [1.165, 1.54) is 0 Å². The van der Waals surface area contributed by atoms with E-state index in [0.717, 1.165) is 5.56 Å². The van der Waals surface area contributed by atoms with Gasteiger partial charge in [0.05, 0.1) is 5.25 Å². The minimum Gasteiger partial charge on any atom is -0.334 e. The third kappa shape index (κ3) is 3.73. The molecule has 2 rings (SSSR count). The molecule has 1 N–H and O–H groups in total. The Labute approximate surface area is 123 Å². The van der Waals surface area contributed by atoms with Crippen LogP contribution in [0, 0.1) is 0 Å². The molecule has 112 valence electrons. The number of carbonyl (C=O) groups is 1. The Kier molecular flexibility index (Phi) is 5.04. The molecule has 2 heterocycles. The largest absolute Gasteiger partial charge is 0.334 e. The molecular formula is C13H20N2O3S2. The number of sulfone groups is 1. The van der Waals surface area contributed by atoms with E-state index in [9.17, 15) is 13.2 Å². The summed E-state index contributed by atoms with van der Waals surface area (Å²) in [6, 6.07) is 1.87. The number of nitrogens with zero attached hydrogens (tertiary/aromatic N) is 1. The number of piperidine rings is 1. The van der Waals surface area contributed by atoms with Crippen LogP contribution in [0.3, 0.4) is 0 Å². The third-order valence-electron chi connectivity index (χ3n) is 3.66. The second-order valence-corrected chi connectivity index (χ2v) is 8.28. The van der Waals surface area contributed by atoms with Crippen molar-refractivity contribution < 1.29 is 13.2 Å². The van der Waals surface area contributed by atoms with Crippen molar-refractivity contribution in [2.24, 2.45) is 0 Å². The minimum absolute atomic E-state index is 0.108. The first-order valence-corrected chi connectivity index (χ1v) is 9.44. The lowest BCUT2D eigenvalue weighted by Gasteiger charge is -2.31. The lowest BCUT2D eigenvalue weighted by atomic mass is 10.1. The predicted octanol–water partition coefficient (Wildman–Crippen LogP) is 1.86. The van der Waals surface area contributed by atoms with Gasteiger partial charge in [0.15, 0.2) is 9.84 Å². The Morgan fingerprint density at radius 3 is 2.70 bits per heavy atom. The molecule has 20 heavy (non-hydrogen) atoms. The second-order valence-electron chi connectivity index (χ2n) is 4.93. The van der Waals surface area contributed by atoms with Crippen LogP contribution >= 0.6 is 11.3 Å². The first-order chi connectivity index (χ1) is 9.53. The maximum atomic E-state index is 12.0. The summed E-state index contributed by atoms with van der Waals surface area (Å²) < 4.78 is 23.6. The lowest BCUT2D eigenvalue weighted by molar-refractivity contribution is 0.186. The van der Waals surface area contributed by atoms with Gasteiger partial charge in [-0.1, -0.05) is 6.92 Å². The summed E-state index contributed by atoms with van der Waals surface area (Å²) in [5.41, 5.74) is 1.09. The average Bonchev–Trinajstić information content (AvgIpc) is 2.98. The van der Waals surface area contributed by atoms with Gasteiger partial charge in [-0.2, -0.15) is 11.3 Å². The van der Waals surface area contributed by atoms with Crippen molar-refractivity contribution in [3.8, 4) is 0 Å². The number of amides is 2. The van der Waals surface area contributed by atoms with Gasteiger partial charge in [-0.15, -0.1) is 0 Å². The fraction of sp³-hybridized carbons (Fsp3) is 0.615. The molecule has 0 spiro atoms. The SMILES string of the molecule is CCS(=O)(=O)C1CCN(C(=O)NCc2ccsc2)CC1. The summed E-state index contributed by atoms with van der Waals surface area (Å²) in [5, 5.41) is 6.56. The molecule has 1 aromatic heterocycles. The van der Waals surface area contributed by atoms with Gasteiger partial charge in [0.2, 0.25) is 0 Å². The number of nitrogens with one attached hydrogen (secondary N) is 1. The van der Waals surface area contributed by atoms with Crippen molar-refractivity contribution in [3.63, 3.8) is 0 Å². The van der Waals surface area contributed by atoms with Crippen molar-refractivity contribution in [2.45, 2.75) is 31.6 Å². The first kappa shape index (κ1) is 15.3. The smallest absolute Gasteiger partial charge is 0.317 e. The normalized spacial score (nSPS) is 17.1. The Hall–Kier alpha value is -1.08. The van der Waals surface area contributed by atoms with Gasteiger partial charge in [-0.3, -0.25) is 0 Å². The zero-order chi connectivity index (χ0) is 14.6. The Bertz CT molecular complexity index is 532. The first-order valence-electron chi connectivity index (χ1n) is 6.78. The zero-order valence-electron chi connectivity index (χ0n) is 11.5. The van der Waals surface area contributed by atoms with E-state index in [-0.39, 0.29) is 17.0 Å². The van der Waals surface area contributed by atoms with Crippen LogP contribution in [0.4, 0.5) is 4.79 Å². The average molecular weight is 316 g/mol. The van der Waals surface area contributed by atoms with Crippen molar-refractivity contribution >= 4 is 27.2 Å². The molecule has 1 fully saturated rings. The van der Waals surface area contributed by atoms with Crippen molar-refractivity contribution in [1.29, 1.82) is 0 Å². The molecule has 0 bridgehead atoms. The van der Waals surface area contributed by atoms with E-state index in [4.69, 9.17) is 0 Å². The number of urea groups is 1. The molecular weight excluding hydrogens is 296 g/mol. The summed E-state index contributed by atoms with van der Waals surface area (Å²) >= 11 is 1.60. The van der Waals surface area contributed by atoms with Gasteiger partial charge in [0, 0.05) is 25.4 Å². The fourth-order valence-electron chi connectivity index (χ4n) is 2.34. The van der Waals surface area contributed by atoms with Gasteiger partial charge >= 0.3 is 6.03 Å². The van der Waals surface area contributed by atoms with Crippen molar-refractivity contribution in [1.82, 2.24) is 10.2 Å². The molecule has 5 nitrogen and oxygen atoms in total. The molecule has 0 atom stereocenters. The number of hydrogen-bond acceptors (Lipinski definition) is 4. The molecule has 0 radical (unpaired) electrons. The van der Waals surface area contributed by atoms with E-state index < -0.39 is 9.84 Å². The molecule has 0 saturated carbocycles. The standard InChI is InChI=1S/C13H20N2O3S2/c1-2-20(17,18)12-3-6-15(7-4-12)13(16)14-9-11-5-8-19-10-11/h5,8,10,12H,2-4,6-7,9H2,1H3,(H,14,16). The fourth-order valence-corrected chi connectivity index (χ4v) is 4.41. The van der Waals surface area contributed by atoms with Crippen LogP contribution in [-0.4, -0.2) is 43.4 Å². The number of thiophene rings is 1. The maximum absolute atomic E-state index is 12.0. The lowest BCUT2D eigenvalue weighted by Crippen LogP contribution is -2.46. The molecule has 0 aliphatic carbocycles. The summed E-state index contributed by atoms with van der Waals surface area (Å²) in [7, 11) is -2.98. The number of carbonyl (C=O) groups excluding carboxylic acids is 1. The highest BCUT2D eigenvalue weighted by Crippen LogP contribution is 2.18. The topological polar surface area (TPSA) is 66.5 Å². The van der Waals surface area contributed by atoms with Crippen LogP contribution in [0.25, 0.3) is 0 Å². The van der Waals surface area contributed by atoms with Gasteiger partial charge in [0.25, 0.3) is 0 Å². The van der Waals surface area contributed by atoms with Crippen LogP contribution in [0.15, 0.2) is 16.8 Å². The van der Waals surface area contributed by atoms with Gasteiger partial charge in [-0.05, 0) is 35.2 Å². The Balaban J connectivity index is 1.80. The summed E-state index contributed by atoms with van der Waals surface area (Å²) in [4.78, 5) is 13.7. The quantitative estimate of drug-likeness (QED) is 0.922. The highest BCUT2D eigenvalue weighted by molar-refractivity contribution is 7.92. The third-order valence-corrected chi connectivity index (χ3v) is 6.69. The van der Waals surface area contributed by atoms with Crippen molar-refractivity contribution in [2.75, 3.05) is 18.8 Å². The number of rotatable bonds is 4.